The van der Waals surface area contributed by atoms with Crippen molar-refractivity contribution >= 4 is 19.9 Å². The summed E-state index contributed by atoms with van der Waals surface area (Å²) in [5.41, 5.74) is 8.34. The van der Waals surface area contributed by atoms with Gasteiger partial charge in [0.15, 0.2) is 5.82 Å². The number of benzene rings is 1. The van der Waals surface area contributed by atoms with E-state index in [-0.39, 0.29) is 44.2 Å². The molecule has 11 nitrogen and oxygen atoms in total. The minimum absolute atomic E-state index is 0.0207. The topological polar surface area (TPSA) is 146 Å². The highest BCUT2D eigenvalue weighted by atomic mass is 31.2. The van der Waals surface area contributed by atoms with Gasteiger partial charge in [-0.1, -0.05) is 96.8 Å². The third-order valence-corrected chi connectivity index (χ3v) is 10.2. The number of nitrogens with zero attached hydrogens (tertiary/aromatic N) is 4. The number of unbranched alkanes of at least 4 members (excludes halogenated alkanes) is 14. The van der Waals surface area contributed by atoms with Crippen LogP contribution in [-0.2, 0) is 29.9 Å². The van der Waals surface area contributed by atoms with Crippen molar-refractivity contribution in [2.24, 2.45) is 0 Å². The van der Waals surface area contributed by atoms with Gasteiger partial charge in [0.25, 0.3) is 0 Å². The maximum atomic E-state index is 14.0. The van der Waals surface area contributed by atoms with Crippen LogP contribution in [0.4, 0.5) is 10.2 Å². The summed E-state index contributed by atoms with van der Waals surface area (Å²) in [5.74, 6) is -0.0937. The predicted molar refractivity (Wildman–Crippen MR) is 201 cm³/mol. The molecule has 3 aromatic rings. The maximum Gasteiger partial charge on any atom is 0.330 e. The number of hydrogen-bond donors (Lipinski definition) is 2. The minimum Gasteiger partial charge on any atom is -0.382 e. The lowest BCUT2D eigenvalue weighted by Crippen LogP contribution is -2.25. The first-order chi connectivity index (χ1) is 25.5. The lowest BCUT2D eigenvalue weighted by Gasteiger charge is -2.20. The van der Waals surface area contributed by atoms with Gasteiger partial charge < -0.3 is 33.9 Å². The molecule has 4 unspecified atom stereocenters. The summed E-state index contributed by atoms with van der Waals surface area (Å²) in [4.78, 5) is 14.6. The van der Waals surface area contributed by atoms with Crippen LogP contribution in [0.15, 0.2) is 36.7 Å². The third-order valence-electron chi connectivity index (χ3n) is 9.46. The molecule has 0 spiro atoms. The molecule has 0 aliphatic carbocycles. The molecule has 0 bridgehead atoms. The van der Waals surface area contributed by atoms with E-state index in [2.05, 4.69) is 17.0 Å². The zero-order valence-corrected chi connectivity index (χ0v) is 31.8. The molecule has 288 valence electrons. The van der Waals surface area contributed by atoms with Crippen molar-refractivity contribution in [2.45, 2.75) is 141 Å². The Kier molecular flexibility index (Phi) is 19.8. The molecule has 4 atom stereocenters. The van der Waals surface area contributed by atoms with Crippen LogP contribution in [0, 0.1) is 17.1 Å². The molecule has 0 saturated carbocycles. The normalized spacial score (nSPS) is 17.1. The molecule has 1 aliphatic heterocycles. The fraction of sp³-hybridized carbons (Fsp3) is 0.667. The standard InChI is InChI=1S/C39H59FN5O6P/c1-2-3-4-5-6-7-8-9-10-11-12-13-14-15-16-21-47-27-35(48-26-32-22-31(25-41)23-33(40)24-32)29-50-52(46)49-28-34-17-20-38(51-34)36-18-19-37-39(42)43-30-44-45(36)37/h18-19,22-24,30,34-35,38,46H,2-17,20-21,26-29H2,1H3,(H2,42,43,44). The average Bonchev–Trinajstić information content (AvgIpc) is 3.80. The van der Waals surface area contributed by atoms with Crippen molar-refractivity contribution in [3.8, 4) is 6.07 Å². The van der Waals surface area contributed by atoms with Crippen molar-refractivity contribution in [1.82, 2.24) is 14.6 Å². The summed E-state index contributed by atoms with van der Waals surface area (Å²) in [5, 5.41) is 13.5. The Balaban J connectivity index is 1.10. The number of nitrogen functional groups attached to an aromatic ring is 1. The molecule has 1 saturated heterocycles. The van der Waals surface area contributed by atoms with E-state index in [1.54, 1.807) is 10.6 Å². The van der Waals surface area contributed by atoms with Crippen LogP contribution in [0.5, 0.6) is 0 Å². The Labute approximate surface area is 310 Å². The highest BCUT2D eigenvalue weighted by Gasteiger charge is 2.30. The van der Waals surface area contributed by atoms with Gasteiger partial charge in [-0.2, -0.15) is 10.4 Å². The van der Waals surface area contributed by atoms with E-state index in [4.69, 9.17) is 29.0 Å². The van der Waals surface area contributed by atoms with Gasteiger partial charge in [-0.05, 0) is 55.2 Å². The number of halogens is 1. The summed E-state index contributed by atoms with van der Waals surface area (Å²) < 4.78 is 45.2. The average molecular weight is 744 g/mol. The first-order valence-corrected chi connectivity index (χ1v) is 20.5. The second kappa shape index (κ2) is 24.5. The van der Waals surface area contributed by atoms with Crippen molar-refractivity contribution in [3.63, 3.8) is 0 Å². The number of aromatic nitrogens is 3. The van der Waals surface area contributed by atoms with Gasteiger partial charge >= 0.3 is 8.60 Å². The van der Waals surface area contributed by atoms with Crippen molar-refractivity contribution in [2.75, 3.05) is 32.2 Å². The van der Waals surface area contributed by atoms with Gasteiger partial charge in [0, 0.05) is 6.61 Å². The van der Waals surface area contributed by atoms with E-state index in [1.807, 2.05) is 18.2 Å². The second-order valence-corrected chi connectivity index (χ2v) is 14.8. The van der Waals surface area contributed by atoms with E-state index < -0.39 is 20.5 Å². The lowest BCUT2D eigenvalue weighted by molar-refractivity contribution is -0.0493. The SMILES string of the molecule is CCCCCCCCCCCCCCCCCOCC(COP(O)OCC1CCC(c2ccc3c(N)ncnn23)O1)OCc1cc(F)cc(C#N)c1. The molecule has 3 N–H and O–H groups in total. The maximum absolute atomic E-state index is 14.0. The van der Waals surface area contributed by atoms with Gasteiger partial charge in [0.1, 0.15) is 29.9 Å². The van der Waals surface area contributed by atoms with Crippen LogP contribution in [0.25, 0.3) is 5.52 Å². The molecule has 4 rings (SSSR count). The molecule has 3 heterocycles. The third kappa shape index (κ3) is 15.3. The zero-order chi connectivity index (χ0) is 36.8. The summed E-state index contributed by atoms with van der Waals surface area (Å²) >= 11 is 0. The number of rotatable bonds is 28. The van der Waals surface area contributed by atoms with E-state index in [0.29, 0.717) is 18.0 Å². The fourth-order valence-electron chi connectivity index (χ4n) is 6.54. The van der Waals surface area contributed by atoms with E-state index >= 15 is 0 Å². The van der Waals surface area contributed by atoms with Crippen molar-refractivity contribution < 1.29 is 32.5 Å². The molecular weight excluding hydrogens is 684 g/mol. The highest BCUT2D eigenvalue weighted by Crippen LogP contribution is 2.38. The summed E-state index contributed by atoms with van der Waals surface area (Å²) in [7, 11) is -2.20. The zero-order valence-electron chi connectivity index (χ0n) is 30.9. The Morgan fingerprint density at radius 2 is 1.65 bits per heavy atom. The summed E-state index contributed by atoms with van der Waals surface area (Å²) in [6.45, 7) is 3.36. The largest absolute Gasteiger partial charge is 0.382 e. The van der Waals surface area contributed by atoms with Gasteiger partial charge in [-0.15, -0.1) is 0 Å². The molecule has 1 aliphatic rings. The van der Waals surface area contributed by atoms with Gasteiger partial charge in [-0.25, -0.2) is 13.9 Å². The van der Waals surface area contributed by atoms with Crippen molar-refractivity contribution in [1.29, 1.82) is 5.26 Å². The monoisotopic (exact) mass is 743 g/mol. The molecule has 52 heavy (non-hydrogen) atoms. The van der Waals surface area contributed by atoms with Crippen LogP contribution in [-0.4, -0.2) is 58.1 Å². The van der Waals surface area contributed by atoms with Gasteiger partial charge in [0.05, 0.1) is 49.9 Å². The molecule has 1 fully saturated rings. The van der Waals surface area contributed by atoms with Gasteiger partial charge in [0.2, 0.25) is 0 Å². The number of ether oxygens (including phenoxy) is 3. The Morgan fingerprint density at radius 3 is 2.35 bits per heavy atom. The lowest BCUT2D eigenvalue weighted by atomic mass is 10.0. The quantitative estimate of drug-likeness (QED) is 0.0545. The smallest absolute Gasteiger partial charge is 0.330 e. The highest BCUT2D eigenvalue weighted by molar-refractivity contribution is 7.40. The number of nitriles is 1. The molecular formula is C39H59FN5O6P. The summed E-state index contributed by atoms with van der Waals surface area (Å²) in [6, 6.07) is 9.88. The predicted octanol–water partition coefficient (Wildman–Crippen LogP) is 9.27. The van der Waals surface area contributed by atoms with Crippen LogP contribution in [0.2, 0.25) is 0 Å². The van der Waals surface area contributed by atoms with Crippen LogP contribution >= 0.6 is 8.60 Å². The van der Waals surface area contributed by atoms with E-state index in [9.17, 15) is 14.5 Å². The van der Waals surface area contributed by atoms with E-state index in [0.717, 1.165) is 36.9 Å². The Bertz CT molecular complexity index is 1470. The molecule has 2 aromatic heterocycles. The molecule has 0 amide bonds. The Morgan fingerprint density at radius 1 is 0.962 bits per heavy atom. The first kappa shape index (κ1) is 42.0. The molecule has 0 radical (unpaired) electrons. The number of nitrogens with two attached hydrogens (primary N) is 1. The van der Waals surface area contributed by atoms with Gasteiger partial charge in [-0.3, -0.25) is 0 Å². The fourth-order valence-corrected chi connectivity index (χ4v) is 7.20. The van der Waals surface area contributed by atoms with Crippen LogP contribution in [0.3, 0.4) is 0 Å². The van der Waals surface area contributed by atoms with Crippen LogP contribution in [0.1, 0.15) is 139 Å². The summed E-state index contributed by atoms with van der Waals surface area (Å²) in [6.07, 6.45) is 21.5. The Hall–Kier alpha value is -2.75. The van der Waals surface area contributed by atoms with E-state index in [1.165, 1.54) is 102 Å². The minimum atomic E-state index is -2.20. The molecule has 13 heteroatoms. The number of fused-ring (bicyclic) bond motifs is 1. The van der Waals surface area contributed by atoms with Crippen molar-refractivity contribution in [3.05, 3.63) is 59.3 Å². The number of hydrogen-bond acceptors (Lipinski definition) is 10. The van der Waals surface area contributed by atoms with Crippen LogP contribution < -0.4 is 5.73 Å². The molecule has 1 aromatic carbocycles. The first-order valence-electron chi connectivity index (χ1n) is 19.3. The second-order valence-electron chi connectivity index (χ2n) is 13.8. The number of anilines is 1.